The van der Waals surface area contributed by atoms with Crippen LogP contribution in [0, 0.1) is 17.3 Å². The highest BCUT2D eigenvalue weighted by Crippen LogP contribution is 2.52. The summed E-state index contributed by atoms with van der Waals surface area (Å²) in [6, 6.07) is -0.213. The van der Waals surface area contributed by atoms with Crippen molar-refractivity contribution in [2.45, 2.75) is 33.6 Å². The van der Waals surface area contributed by atoms with Crippen LogP contribution in [0.25, 0.3) is 0 Å². The summed E-state index contributed by atoms with van der Waals surface area (Å²) in [6.07, 6.45) is 2.41. The molecule has 1 aliphatic heterocycles. The zero-order valence-electron chi connectivity index (χ0n) is 10.2. The van der Waals surface area contributed by atoms with Crippen molar-refractivity contribution >= 4 is 11.9 Å². The number of rotatable bonds is 3. The second-order valence-corrected chi connectivity index (χ2v) is 5.59. The van der Waals surface area contributed by atoms with Gasteiger partial charge in [0, 0.05) is 13.1 Å². The highest BCUT2D eigenvalue weighted by atomic mass is 16.2. The van der Waals surface area contributed by atoms with Crippen LogP contribution in [-0.4, -0.2) is 29.9 Å². The lowest BCUT2D eigenvalue weighted by Crippen LogP contribution is -2.55. The molecular formula is C12H20N2O2. The Kier molecular flexibility index (Phi) is 2.68. The summed E-state index contributed by atoms with van der Waals surface area (Å²) in [6.45, 7) is 7.66. The number of nitrogens with zero attached hydrogens (tertiary/aromatic N) is 1. The number of hydrogen-bond donors (Lipinski definition) is 1. The SMILES string of the molecule is CC1CN(CC2(C(C)C)CC2)C(=O)NC1=O. The van der Waals surface area contributed by atoms with Gasteiger partial charge in [0.1, 0.15) is 0 Å². The van der Waals surface area contributed by atoms with Gasteiger partial charge in [-0.2, -0.15) is 0 Å². The van der Waals surface area contributed by atoms with E-state index >= 15 is 0 Å². The molecule has 1 unspecified atom stereocenters. The molecule has 0 aromatic carbocycles. The van der Waals surface area contributed by atoms with Crippen molar-refractivity contribution in [1.29, 1.82) is 0 Å². The standard InChI is InChI=1S/C12H20N2O2/c1-8(2)12(4-5-12)7-14-6-9(3)10(15)13-11(14)16/h8-9H,4-7H2,1-3H3,(H,13,15,16). The van der Waals surface area contributed by atoms with E-state index in [1.165, 1.54) is 12.8 Å². The maximum absolute atomic E-state index is 11.7. The van der Waals surface area contributed by atoms with Gasteiger partial charge < -0.3 is 4.90 Å². The summed E-state index contributed by atoms with van der Waals surface area (Å²) in [5, 5.41) is 2.42. The average Bonchev–Trinajstić information content (AvgIpc) is 2.95. The van der Waals surface area contributed by atoms with E-state index in [9.17, 15) is 9.59 Å². The monoisotopic (exact) mass is 224 g/mol. The van der Waals surface area contributed by atoms with Crippen molar-refractivity contribution in [3.05, 3.63) is 0 Å². The minimum absolute atomic E-state index is 0.0827. The lowest BCUT2D eigenvalue weighted by molar-refractivity contribution is -0.125. The van der Waals surface area contributed by atoms with Gasteiger partial charge in [-0.15, -0.1) is 0 Å². The summed E-state index contributed by atoms with van der Waals surface area (Å²) < 4.78 is 0. The number of nitrogens with one attached hydrogen (secondary N) is 1. The Labute approximate surface area is 96.4 Å². The largest absolute Gasteiger partial charge is 0.324 e. The summed E-state index contributed by atoms with van der Waals surface area (Å²) in [4.78, 5) is 24.8. The highest BCUT2D eigenvalue weighted by molar-refractivity contribution is 5.97. The molecule has 0 bridgehead atoms. The summed E-state index contributed by atoms with van der Waals surface area (Å²) in [5.41, 5.74) is 0.317. The first-order valence-electron chi connectivity index (χ1n) is 6.04. The van der Waals surface area contributed by atoms with Crippen molar-refractivity contribution in [3.63, 3.8) is 0 Å². The van der Waals surface area contributed by atoms with E-state index in [1.807, 2.05) is 6.92 Å². The fraction of sp³-hybridized carbons (Fsp3) is 0.833. The van der Waals surface area contributed by atoms with Crippen LogP contribution in [0.2, 0.25) is 0 Å². The van der Waals surface area contributed by atoms with E-state index < -0.39 is 0 Å². The first-order chi connectivity index (χ1) is 7.44. The van der Waals surface area contributed by atoms with Crippen LogP contribution in [0.5, 0.6) is 0 Å². The van der Waals surface area contributed by atoms with Gasteiger partial charge in [0.25, 0.3) is 0 Å². The molecule has 2 rings (SSSR count). The van der Waals surface area contributed by atoms with Crippen LogP contribution in [0.4, 0.5) is 4.79 Å². The molecule has 1 saturated heterocycles. The molecule has 0 radical (unpaired) electrons. The first-order valence-corrected chi connectivity index (χ1v) is 6.04. The van der Waals surface area contributed by atoms with Crippen LogP contribution in [-0.2, 0) is 4.79 Å². The van der Waals surface area contributed by atoms with Gasteiger partial charge in [0.2, 0.25) is 5.91 Å². The van der Waals surface area contributed by atoms with Crippen LogP contribution in [0.15, 0.2) is 0 Å². The van der Waals surface area contributed by atoms with Crippen LogP contribution in [0.1, 0.15) is 33.6 Å². The van der Waals surface area contributed by atoms with Crippen molar-refractivity contribution in [1.82, 2.24) is 10.2 Å². The van der Waals surface area contributed by atoms with Crippen molar-refractivity contribution in [2.75, 3.05) is 13.1 Å². The van der Waals surface area contributed by atoms with E-state index in [0.717, 1.165) is 6.54 Å². The molecule has 1 N–H and O–H groups in total. The van der Waals surface area contributed by atoms with E-state index in [0.29, 0.717) is 17.9 Å². The van der Waals surface area contributed by atoms with Gasteiger partial charge in [-0.3, -0.25) is 10.1 Å². The van der Waals surface area contributed by atoms with Gasteiger partial charge in [0.05, 0.1) is 5.92 Å². The molecule has 1 saturated carbocycles. The molecule has 4 nitrogen and oxygen atoms in total. The Balaban J connectivity index is 2.00. The Morgan fingerprint density at radius 3 is 2.56 bits per heavy atom. The molecule has 1 heterocycles. The van der Waals surface area contributed by atoms with Gasteiger partial charge >= 0.3 is 6.03 Å². The van der Waals surface area contributed by atoms with Crippen LogP contribution in [0.3, 0.4) is 0 Å². The molecule has 1 atom stereocenters. The quantitative estimate of drug-likeness (QED) is 0.791. The maximum atomic E-state index is 11.7. The van der Waals surface area contributed by atoms with Crippen LogP contribution < -0.4 is 5.32 Å². The van der Waals surface area contributed by atoms with Crippen molar-refractivity contribution < 1.29 is 9.59 Å². The number of carbonyl (C=O) groups excluding carboxylic acids is 2. The van der Waals surface area contributed by atoms with Gasteiger partial charge in [-0.25, -0.2) is 4.79 Å². The number of urea groups is 1. The summed E-state index contributed by atoms with van der Waals surface area (Å²) in [7, 11) is 0. The molecule has 0 spiro atoms. The zero-order chi connectivity index (χ0) is 11.9. The van der Waals surface area contributed by atoms with Crippen molar-refractivity contribution in [3.8, 4) is 0 Å². The molecule has 3 amide bonds. The fourth-order valence-electron chi connectivity index (χ4n) is 2.40. The number of carbonyl (C=O) groups is 2. The second-order valence-electron chi connectivity index (χ2n) is 5.59. The summed E-state index contributed by atoms with van der Waals surface area (Å²) in [5.74, 6) is 0.379. The predicted octanol–water partition coefficient (Wildman–Crippen LogP) is 1.61. The highest BCUT2D eigenvalue weighted by Gasteiger charge is 2.48. The number of imide groups is 1. The van der Waals surface area contributed by atoms with E-state index in [-0.39, 0.29) is 17.9 Å². The molecule has 0 aromatic heterocycles. The number of hydrogen-bond acceptors (Lipinski definition) is 2. The van der Waals surface area contributed by atoms with Gasteiger partial charge in [-0.1, -0.05) is 20.8 Å². The summed E-state index contributed by atoms with van der Waals surface area (Å²) >= 11 is 0. The molecule has 2 fully saturated rings. The zero-order valence-corrected chi connectivity index (χ0v) is 10.2. The molecule has 1 aliphatic carbocycles. The lowest BCUT2D eigenvalue weighted by atomic mass is 9.91. The Hall–Kier alpha value is -1.06. The predicted molar refractivity (Wildman–Crippen MR) is 60.8 cm³/mol. The molecule has 2 aliphatic rings. The first kappa shape index (κ1) is 11.4. The molecule has 0 aromatic rings. The topological polar surface area (TPSA) is 49.4 Å². The molecule has 90 valence electrons. The van der Waals surface area contributed by atoms with E-state index in [1.54, 1.807) is 4.90 Å². The third-order valence-corrected chi connectivity index (χ3v) is 4.08. The third-order valence-electron chi connectivity index (χ3n) is 4.08. The minimum Gasteiger partial charge on any atom is -0.323 e. The normalized spacial score (nSPS) is 28.2. The fourth-order valence-corrected chi connectivity index (χ4v) is 2.40. The second kappa shape index (κ2) is 3.75. The van der Waals surface area contributed by atoms with Crippen LogP contribution >= 0.6 is 0 Å². The molecule has 16 heavy (non-hydrogen) atoms. The van der Waals surface area contributed by atoms with E-state index in [4.69, 9.17) is 0 Å². The Morgan fingerprint density at radius 2 is 2.06 bits per heavy atom. The smallest absolute Gasteiger partial charge is 0.323 e. The van der Waals surface area contributed by atoms with Gasteiger partial charge in [-0.05, 0) is 24.2 Å². The Bertz CT molecular complexity index is 321. The van der Waals surface area contributed by atoms with E-state index in [2.05, 4.69) is 19.2 Å². The minimum atomic E-state index is -0.213. The lowest BCUT2D eigenvalue weighted by Gasteiger charge is -2.34. The van der Waals surface area contributed by atoms with Crippen molar-refractivity contribution in [2.24, 2.45) is 17.3 Å². The third kappa shape index (κ3) is 1.93. The average molecular weight is 224 g/mol. The number of amides is 3. The Morgan fingerprint density at radius 1 is 1.44 bits per heavy atom. The van der Waals surface area contributed by atoms with Gasteiger partial charge in [0.15, 0.2) is 0 Å². The molecular weight excluding hydrogens is 204 g/mol. The molecule has 4 heteroatoms. The maximum Gasteiger partial charge on any atom is 0.324 e.